The third-order valence-electron chi connectivity index (χ3n) is 7.66. The number of aliphatic carboxylic acids is 1. The standard InChI is InChI=1S/C31H37N5O6S2.C2HF3O2/c1-34-18-20-35(21-19-34)31(38)33-29(22-25-10-6-3-7-11-25)30(37)32-26(13-12-24-8-4-2-5-9-24)23-43-44(41,42)28-16-14-27(15-17-28)36(39)40;3-2(4,5)1(6)7/h2-11,14-17,26,29H,12-13,18-23H2,1H3,(H,32,37)(H,33,38);(H,6,7)/t26-,29-;/m0./s1. The molecule has 1 heterocycles. The van der Waals surface area contributed by atoms with Crippen LogP contribution >= 0.6 is 10.8 Å². The van der Waals surface area contributed by atoms with Crippen molar-refractivity contribution in [2.75, 3.05) is 39.0 Å². The van der Waals surface area contributed by atoms with E-state index in [-0.39, 0.29) is 28.8 Å². The number of aryl methyl sites for hydroxylation is 1. The Morgan fingerprint density at radius 2 is 1.43 bits per heavy atom. The molecular weight excluding hydrogens is 716 g/mol. The lowest BCUT2D eigenvalue weighted by molar-refractivity contribution is -0.384. The second kappa shape index (κ2) is 19.1. The van der Waals surface area contributed by atoms with Gasteiger partial charge < -0.3 is 25.5 Å². The highest BCUT2D eigenvalue weighted by Gasteiger charge is 2.38. The third kappa shape index (κ3) is 13.9. The number of carboxylic acids is 1. The van der Waals surface area contributed by atoms with Crippen LogP contribution in [0.15, 0.2) is 89.8 Å². The van der Waals surface area contributed by atoms with Crippen LogP contribution < -0.4 is 10.6 Å². The van der Waals surface area contributed by atoms with Crippen molar-refractivity contribution < 1.29 is 46.0 Å². The number of carbonyl (C=O) groups is 3. The largest absolute Gasteiger partial charge is 0.490 e. The zero-order chi connectivity index (χ0) is 37.6. The van der Waals surface area contributed by atoms with Crippen molar-refractivity contribution in [2.45, 2.75) is 42.4 Å². The van der Waals surface area contributed by atoms with Gasteiger partial charge in [-0.1, -0.05) is 60.7 Å². The van der Waals surface area contributed by atoms with Crippen molar-refractivity contribution in [1.82, 2.24) is 20.4 Å². The number of rotatable bonds is 13. The highest BCUT2D eigenvalue weighted by atomic mass is 33.1. The molecule has 13 nitrogen and oxygen atoms in total. The number of piperazine rings is 1. The van der Waals surface area contributed by atoms with Gasteiger partial charge in [0.2, 0.25) is 14.8 Å². The number of nitrogens with one attached hydrogen (secondary N) is 2. The lowest BCUT2D eigenvalue weighted by Gasteiger charge is -2.33. The molecule has 3 aromatic rings. The van der Waals surface area contributed by atoms with E-state index >= 15 is 0 Å². The van der Waals surface area contributed by atoms with Gasteiger partial charge in [-0.3, -0.25) is 14.9 Å². The number of amides is 3. The number of urea groups is 1. The van der Waals surface area contributed by atoms with E-state index in [9.17, 15) is 41.3 Å². The van der Waals surface area contributed by atoms with E-state index < -0.39 is 43.9 Å². The summed E-state index contributed by atoms with van der Waals surface area (Å²) in [4.78, 5) is 50.0. The number of non-ortho nitro benzene ring substituents is 1. The molecule has 3 N–H and O–H groups in total. The molecule has 18 heteroatoms. The molecule has 276 valence electrons. The molecule has 0 radical (unpaired) electrons. The second-order valence-corrected chi connectivity index (χ2v) is 15.5. The van der Waals surface area contributed by atoms with Gasteiger partial charge in [0, 0.05) is 56.5 Å². The number of hydrogen-bond donors (Lipinski definition) is 3. The van der Waals surface area contributed by atoms with Gasteiger partial charge >= 0.3 is 18.2 Å². The number of likely N-dealkylation sites (N-methyl/N-ethyl adjacent to an activating group) is 1. The number of nitro groups is 1. The topological polar surface area (TPSA) is 179 Å². The molecule has 2 atom stereocenters. The fourth-order valence-corrected chi connectivity index (χ4v) is 7.74. The van der Waals surface area contributed by atoms with Crippen molar-refractivity contribution >= 4 is 43.3 Å². The minimum Gasteiger partial charge on any atom is -0.475 e. The Morgan fingerprint density at radius 3 is 1.94 bits per heavy atom. The fraction of sp³-hybridized carbons (Fsp3) is 0.364. The molecule has 1 fully saturated rings. The number of alkyl halides is 3. The smallest absolute Gasteiger partial charge is 0.475 e. The fourth-order valence-electron chi connectivity index (χ4n) is 4.77. The Labute approximate surface area is 296 Å². The summed E-state index contributed by atoms with van der Waals surface area (Å²) in [7, 11) is -1.19. The molecule has 0 spiro atoms. The Kier molecular flexibility index (Phi) is 15.2. The van der Waals surface area contributed by atoms with Crippen LogP contribution in [0, 0.1) is 10.1 Å². The molecule has 0 unspecified atom stereocenters. The molecular formula is C33H38F3N5O8S2. The van der Waals surface area contributed by atoms with Crippen LogP contribution in [0.5, 0.6) is 0 Å². The Bertz CT molecular complexity index is 1710. The first-order valence-corrected chi connectivity index (χ1v) is 18.6. The van der Waals surface area contributed by atoms with Crippen molar-refractivity contribution in [3.63, 3.8) is 0 Å². The van der Waals surface area contributed by atoms with Crippen molar-refractivity contribution in [3.8, 4) is 0 Å². The number of nitrogens with zero attached hydrogens (tertiary/aromatic N) is 3. The summed E-state index contributed by atoms with van der Waals surface area (Å²) in [5.74, 6) is -3.11. The Morgan fingerprint density at radius 1 is 0.902 bits per heavy atom. The van der Waals surface area contributed by atoms with Crippen molar-refractivity contribution in [1.29, 1.82) is 0 Å². The quantitative estimate of drug-likeness (QED) is 0.129. The summed E-state index contributed by atoms with van der Waals surface area (Å²) in [6, 6.07) is 22.1. The maximum atomic E-state index is 13.8. The number of benzene rings is 3. The Hall–Kier alpha value is -4.68. The van der Waals surface area contributed by atoms with Crippen LogP contribution in [0.2, 0.25) is 0 Å². The SMILES string of the molecule is CN1CCN(C(=O)N[C@@H](Cc2ccccc2)C(=O)N[C@@H](CCc2ccccc2)CSS(=O)(=O)c2ccc([N+](=O)[O-])cc2)CC1.O=C(O)C(F)(F)F. The first-order chi connectivity index (χ1) is 24.0. The van der Waals surface area contributed by atoms with Crippen LogP contribution in [-0.2, 0) is 31.3 Å². The lowest BCUT2D eigenvalue weighted by Crippen LogP contribution is -2.57. The van der Waals surface area contributed by atoms with E-state index in [1.165, 1.54) is 12.1 Å². The maximum Gasteiger partial charge on any atom is 0.490 e. The molecule has 0 bridgehead atoms. The van der Waals surface area contributed by atoms with Crippen LogP contribution in [0.25, 0.3) is 0 Å². The van der Waals surface area contributed by atoms with Gasteiger partial charge in [-0.15, -0.1) is 0 Å². The summed E-state index contributed by atoms with van der Waals surface area (Å²) in [6.07, 6.45) is -3.75. The van der Waals surface area contributed by atoms with Crippen LogP contribution in [0.4, 0.5) is 23.7 Å². The minimum absolute atomic E-state index is 0.0440. The zero-order valence-electron chi connectivity index (χ0n) is 27.5. The normalized spacial score (nSPS) is 14.7. The number of carboxylic acid groups (broad SMARTS) is 1. The van der Waals surface area contributed by atoms with Gasteiger partial charge in [-0.25, -0.2) is 18.0 Å². The first-order valence-electron chi connectivity index (χ1n) is 15.6. The molecule has 3 aromatic carbocycles. The predicted octanol–water partition coefficient (Wildman–Crippen LogP) is 4.34. The van der Waals surface area contributed by atoms with E-state index in [0.717, 1.165) is 36.3 Å². The van der Waals surface area contributed by atoms with Crippen LogP contribution in [-0.4, -0.2) is 103 Å². The number of nitro benzene ring substituents is 1. The number of hydrogen-bond acceptors (Lipinski definition) is 9. The minimum atomic E-state index is -5.08. The summed E-state index contributed by atoms with van der Waals surface area (Å²) in [6.45, 7) is 2.59. The molecule has 1 aliphatic heterocycles. The van der Waals surface area contributed by atoms with Gasteiger partial charge in [-0.2, -0.15) is 13.2 Å². The molecule has 4 rings (SSSR count). The molecule has 1 aliphatic rings. The molecule has 0 aliphatic carbocycles. The van der Waals surface area contributed by atoms with Gasteiger partial charge in [0.15, 0.2) is 0 Å². The predicted molar refractivity (Wildman–Crippen MR) is 185 cm³/mol. The summed E-state index contributed by atoms with van der Waals surface area (Å²) < 4.78 is 58.0. The summed E-state index contributed by atoms with van der Waals surface area (Å²) in [5.41, 5.74) is 1.71. The van der Waals surface area contributed by atoms with Gasteiger partial charge in [0.1, 0.15) is 6.04 Å². The van der Waals surface area contributed by atoms with Crippen LogP contribution in [0.1, 0.15) is 17.5 Å². The van der Waals surface area contributed by atoms with E-state index in [0.29, 0.717) is 36.7 Å². The molecule has 0 saturated carbocycles. The van der Waals surface area contributed by atoms with E-state index in [4.69, 9.17) is 9.90 Å². The maximum absolute atomic E-state index is 13.8. The summed E-state index contributed by atoms with van der Waals surface area (Å²) in [5, 5.41) is 24.0. The van der Waals surface area contributed by atoms with Gasteiger partial charge in [-0.05, 0) is 53.9 Å². The Balaban J connectivity index is 0.000000908. The van der Waals surface area contributed by atoms with E-state index in [1.54, 1.807) is 4.90 Å². The highest BCUT2D eigenvalue weighted by Crippen LogP contribution is 2.26. The average molecular weight is 754 g/mol. The molecule has 1 saturated heterocycles. The van der Waals surface area contributed by atoms with Crippen molar-refractivity contribution in [3.05, 3.63) is 106 Å². The van der Waals surface area contributed by atoms with Gasteiger partial charge in [0.05, 0.1) is 9.82 Å². The number of carbonyl (C=O) groups excluding carboxylic acids is 2. The second-order valence-electron chi connectivity index (χ2n) is 11.5. The van der Waals surface area contributed by atoms with Gasteiger partial charge in [0.25, 0.3) is 5.69 Å². The van der Waals surface area contributed by atoms with Crippen LogP contribution in [0.3, 0.4) is 0 Å². The molecule has 3 amide bonds. The first kappa shape index (κ1) is 40.7. The third-order valence-corrected chi connectivity index (χ3v) is 11.3. The average Bonchev–Trinajstić information content (AvgIpc) is 3.10. The summed E-state index contributed by atoms with van der Waals surface area (Å²) >= 11 is 0. The highest BCUT2D eigenvalue weighted by molar-refractivity contribution is 8.72. The van der Waals surface area contributed by atoms with Crippen molar-refractivity contribution in [2.24, 2.45) is 0 Å². The van der Waals surface area contributed by atoms with E-state index in [2.05, 4.69) is 15.5 Å². The monoisotopic (exact) mass is 753 g/mol. The molecule has 0 aromatic heterocycles. The van der Waals surface area contributed by atoms with E-state index in [1.807, 2.05) is 67.7 Å². The lowest BCUT2D eigenvalue weighted by atomic mass is 10.0. The zero-order valence-corrected chi connectivity index (χ0v) is 29.1. The number of halogens is 3. The molecule has 51 heavy (non-hydrogen) atoms.